The molecule has 0 aliphatic heterocycles. The number of nitriles is 1. The molecule has 58 heavy (non-hydrogen) atoms. The average molecular weight is 809 g/mol. The van der Waals surface area contributed by atoms with Gasteiger partial charge in [0.2, 0.25) is 17.8 Å². The second-order valence-corrected chi connectivity index (χ2v) is 17.0. The van der Waals surface area contributed by atoms with Gasteiger partial charge in [-0.05, 0) is 73.4 Å². The Hall–Kier alpha value is -6.01. The smallest absolute Gasteiger partial charge is 0.323 e. The molecule has 15 heteroatoms. The largest absolute Gasteiger partial charge is 0.506 e. The molecule has 4 N–H and O–H groups in total. The summed E-state index contributed by atoms with van der Waals surface area (Å²) in [7, 11) is 0. The van der Waals surface area contributed by atoms with Gasteiger partial charge >= 0.3 is 6.03 Å². The van der Waals surface area contributed by atoms with Crippen molar-refractivity contribution in [2.45, 2.75) is 109 Å². The van der Waals surface area contributed by atoms with Crippen LogP contribution in [0.1, 0.15) is 97.5 Å². The Kier molecular flexibility index (Phi) is 13.4. The molecule has 0 spiro atoms. The van der Waals surface area contributed by atoms with Gasteiger partial charge in [-0.2, -0.15) is 14.8 Å². The van der Waals surface area contributed by atoms with Crippen LogP contribution in [0.4, 0.5) is 21.9 Å². The van der Waals surface area contributed by atoms with Crippen LogP contribution in [-0.2, 0) is 15.6 Å². The topological polar surface area (TPSA) is 185 Å². The number of nitrogens with zero attached hydrogens (tertiary/aromatic N) is 5. The number of amides is 3. The number of hydrogen-bond acceptors (Lipinski definition) is 11. The number of nitrogens with one attached hydrogen (secondary N) is 3. The third-order valence-electron chi connectivity index (χ3n) is 9.96. The van der Waals surface area contributed by atoms with Crippen molar-refractivity contribution >= 4 is 46.5 Å². The van der Waals surface area contributed by atoms with E-state index < -0.39 is 18.0 Å². The number of fused-ring (bicyclic) bond motifs is 1. The number of ether oxygens (including phenoxy) is 3. The summed E-state index contributed by atoms with van der Waals surface area (Å²) in [5.74, 6) is 0.495. The zero-order valence-electron chi connectivity index (χ0n) is 34.7. The van der Waals surface area contributed by atoms with Crippen LogP contribution in [0.15, 0.2) is 65.8 Å². The van der Waals surface area contributed by atoms with Crippen LogP contribution < -0.4 is 30.2 Å². The van der Waals surface area contributed by atoms with Crippen molar-refractivity contribution < 1.29 is 28.9 Å². The lowest BCUT2D eigenvalue weighted by Gasteiger charge is -2.31. The molecule has 0 bridgehead atoms. The van der Waals surface area contributed by atoms with E-state index in [-0.39, 0.29) is 45.7 Å². The molecule has 3 aromatic carbocycles. The molecule has 0 saturated carbocycles. The van der Waals surface area contributed by atoms with E-state index in [2.05, 4.69) is 78.6 Å². The van der Waals surface area contributed by atoms with Gasteiger partial charge in [-0.15, -0.1) is 5.10 Å². The molecule has 0 radical (unpaired) electrons. The average Bonchev–Trinajstić information content (AvgIpc) is 3.58. The monoisotopic (exact) mass is 808 g/mol. The van der Waals surface area contributed by atoms with E-state index in [9.17, 15) is 14.7 Å². The molecule has 0 aliphatic rings. The number of anilines is 3. The third kappa shape index (κ3) is 10.5. The first-order valence-electron chi connectivity index (χ1n) is 19.2. The number of rotatable bonds is 16. The van der Waals surface area contributed by atoms with Crippen molar-refractivity contribution in [1.29, 1.82) is 5.26 Å². The van der Waals surface area contributed by atoms with Gasteiger partial charge in [-0.3, -0.25) is 4.79 Å². The Morgan fingerprint density at radius 3 is 2.24 bits per heavy atom. The van der Waals surface area contributed by atoms with Crippen molar-refractivity contribution in [3.8, 4) is 29.2 Å². The van der Waals surface area contributed by atoms with Crippen LogP contribution in [0.3, 0.4) is 0 Å². The molecule has 0 saturated heterocycles. The maximum absolute atomic E-state index is 13.8. The quantitative estimate of drug-likeness (QED) is 0.0423. The highest BCUT2D eigenvalue weighted by Gasteiger charge is 2.29. The number of carbonyl (C=O) groups is 2. The summed E-state index contributed by atoms with van der Waals surface area (Å²) in [4.78, 5) is 35.8. The number of aromatic nitrogens is 4. The minimum absolute atomic E-state index is 0.0150. The number of benzene rings is 3. The number of thioether (sulfide) groups is 1. The van der Waals surface area contributed by atoms with Crippen LogP contribution in [0.25, 0.3) is 5.78 Å². The normalized spacial score (nSPS) is 12.2. The van der Waals surface area contributed by atoms with E-state index in [1.165, 1.54) is 34.0 Å². The van der Waals surface area contributed by atoms with Gasteiger partial charge in [0.05, 0.1) is 23.0 Å². The molecule has 14 nitrogen and oxygen atoms in total. The molecule has 1 unspecified atom stereocenters. The summed E-state index contributed by atoms with van der Waals surface area (Å²) < 4.78 is 19.9. The van der Waals surface area contributed by atoms with Crippen LogP contribution in [0.2, 0.25) is 0 Å². The Morgan fingerprint density at radius 1 is 0.879 bits per heavy atom. The lowest BCUT2D eigenvalue weighted by atomic mass is 9.76. The van der Waals surface area contributed by atoms with Crippen molar-refractivity contribution in [1.82, 2.24) is 19.6 Å². The molecular weight excluding hydrogens is 757 g/mol. The number of aromatic hydroxyl groups is 1. The van der Waals surface area contributed by atoms with Crippen LogP contribution >= 0.6 is 11.8 Å². The molecule has 5 rings (SSSR count). The van der Waals surface area contributed by atoms with Gasteiger partial charge < -0.3 is 35.3 Å². The highest BCUT2D eigenvalue weighted by Crippen LogP contribution is 2.40. The fourth-order valence-corrected chi connectivity index (χ4v) is 6.39. The van der Waals surface area contributed by atoms with Crippen molar-refractivity contribution in [3.05, 3.63) is 83.0 Å². The van der Waals surface area contributed by atoms with E-state index in [1.54, 1.807) is 37.3 Å². The molecule has 3 amide bonds. The van der Waals surface area contributed by atoms with E-state index in [0.717, 1.165) is 18.4 Å². The number of urea groups is 1. The van der Waals surface area contributed by atoms with E-state index in [4.69, 9.17) is 19.5 Å². The highest BCUT2D eigenvalue weighted by molar-refractivity contribution is 7.99. The predicted octanol–water partition coefficient (Wildman–Crippen LogP) is 9.35. The lowest BCUT2D eigenvalue weighted by Crippen LogP contribution is -2.31. The Bertz CT molecular complexity index is 2320. The molecule has 5 aromatic rings. The fourth-order valence-electron chi connectivity index (χ4n) is 5.71. The van der Waals surface area contributed by atoms with E-state index >= 15 is 0 Å². The van der Waals surface area contributed by atoms with Crippen LogP contribution in [0.5, 0.6) is 23.1 Å². The van der Waals surface area contributed by atoms with E-state index in [1.807, 2.05) is 39.0 Å². The minimum atomic E-state index is -0.961. The molecule has 2 aromatic heterocycles. The predicted molar refractivity (Wildman–Crippen MR) is 226 cm³/mol. The summed E-state index contributed by atoms with van der Waals surface area (Å²) >= 11 is 1.49. The van der Waals surface area contributed by atoms with Crippen molar-refractivity contribution in [3.63, 3.8) is 0 Å². The van der Waals surface area contributed by atoms with E-state index in [0.29, 0.717) is 39.5 Å². The number of phenolic OH excluding ortho intramolecular Hbond substituents is 1. The summed E-state index contributed by atoms with van der Waals surface area (Å²) in [6.45, 7) is 20.2. The van der Waals surface area contributed by atoms with Gasteiger partial charge in [0.1, 0.15) is 17.2 Å². The zero-order chi connectivity index (χ0) is 42.4. The molecular formula is C43H52N8O6S. The summed E-state index contributed by atoms with van der Waals surface area (Å²) in [6, 6.07) is 18.1. The summed E-state index contributed by atoms with van der Waals surface area (Å²) in [6.07, 6.45) is 0.854. The van der Waals surface area contributed by atoms with Gasteiger partial charge in [0.25, 0.3) is 11.7 Å². The molecule has 0 fully saturated rings. The van der Waals surface area contributed by atoms with Gasteiger partial charge in [-0.1, -0.05) is 79.3 Å². The van der Waals surface area contributed by atoms with Crippen molar-refractivity contribution in [2.75, 3.05) is 22.7 Å². The van der Waals surface area contributed by atoms with Gasteiger partial charge in [0, 0.05) is 40.4 Å². The Balaban J connectivity index is 1.41. The molecule has 306 valence electrons. The standard InChI is InChI=1S/C43H52N8O6S/c1-11-42(7,8)29-15-18-35(31(20-29)43(9,10)12-2)57-27(6)38(53)47-33-21-34(52)32(48-40(54)46-30-16-13-28(23-44)14-17-30)22-36(33)55-24-56-37-19-26(5)45-39-49-41(50-51(37)39)58-25(3)4/h13-22,25,27,52H,11-12,24H2,1-10H3,(H,47,53)(H2,46,48,54). The third-order valence-corrected chi connectivity index (χ3v) is 10.8. The minimum Gasteiger partial charge on any atom is -0.506 e. The maximum Gasteiger partial charge on any atom is 0.323 e. The first kappa shape index (κ1) is 43.1. The Labute approximate surface area is 343 Å². The lowest BCUT2D eigenvalue weighted by molar-refractivity contribution is -0.122. The maximum atomic E-state index is 13.8. The first-order valence-corrected chi connectivity index (χ1v) is 20.0. The SMILES string of the molecule is CCC(C)(C)c1ccc(OC(C)C(=O)Nc2cc(O)c(NC(=O)Nc3ccc(C#N)cc3)cc2OCOc2cc(C)nc3nc(SC(C)C)nn23)c(C(C)(C)CC)c1. The summed E-state index contributed by atoms with van der Waals surface area (Å²) in [5.41, 5.74) is 3.52. The number of aryl methyl sites for hydroxylation is 1. The molecule has 2 heterocycles. The highest BCUT2D eigenvalue weighted by atomic mass is 32.2. The molecule has 0 aliphatic carbocycles. The fraction of sp³-hybridized carbons (Fsp3) is 0.395. The van der Waals surface area contributed by atoms with Crippen LogP contribution in [-0.4, -0.2) is 54.8 Å². The molecule has 1 atom stereocenters. The van der Waals surface area contributed by atoms with Crippen LogP contribution in [0, 0.1) is 18.3 Å². The second-order valence-electron chi connectivity index (χ2n) is 15.5. The van der Waals surface area contributed by atoms with Gasteiger partial charge in [0.15, 0.2) is 6.10 Å². The van der Waals surface area contributed by atoms with Gasteiger partial charge in [-0.25, -0.2) is 9.78 Å². The first-order chi connectivity index (χ1) is 27.4. The van der Waals surface area contributed by atoms with Crippen molar-refractivity contribution in [2.24, 2.45) is 0 Å². The number of carbonyl (C=O) groups excluding carboxylic acids is 2. The summed E-state index contributed by atoms with van der Waals surface area (Å²) in [5, 5.41) is 33.6. The Morgan fingerprint density at radius 2 is 1.59 bits per heavy atom. The number of hydrogen-bond donors (Lipinski definition) is 4. The zero-order valence-corrected chi connectivity index (χ0v) is 35.5. The second kappa shape index (κ2) is 18.1. The number of phenols is 1.